The molecule has 0 bridgehead atoms. The highest BCUT2D eigenvalue weighted by molar-refractivity contribution is 5.76. The number of fused-ring (bicyclic) bond motifs is 1. The molecule has 0 unspecified atom stereocenters. The Balaban J connectivity index is 1.54. The Bertz CT molecular complexity index is 1110. The number of carbonyl (C=O) groups excluding carboxylic acids is 1. The van der Waals surface area contributed by atoms with E-state index in [1.165, 1.54) is 25.7 Å². The van der Waals surface area contributed by atoms with E-state index in [4.69, 9.17) is 19.6 Å². The predicted octanol–water partition coefficient (Wildman–Crippen LogP) is 4.80. The number of benzene rings is 1. The number of nitrogens with one attached hydrogen (secondary N) is 1. The van der Waals surface area contributed by atoms with Gasteiger partial charge < -0.3 is 14.8 Å². The summed E-state index contributed by atoms with van der Waals surface area (Å²) >= 11 is 0. The Kier molecular flexibility index (Phi) is 7.16. The zero-order chi connectivity index (χ0) is 23.4. The van der Waals surface area contributed by atoms with Crippen molar-refractivity contribution >= 4 is 11.6 Å². The van der Waals surface area contributed by atoms with Crippen LogP contribution in [0.15, 0.2) is 24.3 Å². The molecule has 1 amide bonds. The SMILES string of the molecule is COc1cc(OC)cc(-c2cc3nc(C)c(CCC(=O)NC4CCCCCC4)c(C)n3n2)c1. The van der Waals surface area contributed by atoms with Gasteiger partial charge in [-0.2, -0.15) is 5.10 Å². The molecule has 3 aromatic rings. The summed E-state index contributed by atoms with van der Waals surface area (Å²) in [7, 11) is 3.27. The predicted molar refractivity (Wildman–Crippen MR) is 129 cm³/mol. The quantitative estimate of drug-likeness (QED) is 0.523. The normalized spacial score (nSPS) is 14.8. The third kappa shape index (κ3) is 5.29. The van der Waals surface area contributed by atoms with Crippen LogP contribution in [0.1, 0.15) is 61.9 Å². The van der Waals surface area contributed by atoms with Crippen molar-refractivity contribution < 1.29 is 14.3 Å². The number of rotatable bonds is 7. The number of hydrogen-bond donors (Lipinski definition) is 1. The maximum absolute atomic E-state index is 12.6. The average Bonchev–Trinajstić information content (AvgIpc) is 3.08. The lowest BCUT2D eigenvalue weighted by molar-refractivity contribution is -0.121. The molecular formula is C26H34N4O3. The van der Waals surface area contributed by atoms with E-state index in [0.717, 1.165) is 46.7 Å². The molecule has 2 aromatic heterocycles. The molecule has 1 aliphatic carbocycles. The summed E-state index contributed by atoms with van der Waals surface area (Å²) in [5.74, 6) is 1.55. The van der Waals surface area contributed by atoms with Gasteiger partial charge in [-0.25, -0.2) is 9.50 Å². The van der Waals surface area contributed by atoms with Crippen LogP contribution in [0.25, 0.3) is 16.9 Å². The minimum absolute atomic E-state index is 0.130. The minimum atomic E-state index is 0.130. The van der Waals surface area contributed by atoms with Crippen molar-refractivity contribution in [3.63, 3.8) is 0 Å². The largest absolute Gasteiger partial charge is 0.497 e. The molecule has 1 aliphatic rings. The van der Waals surface area contributed by atoms with Crippen LogP contribution in [0.2, 0.25) is 0 Å². The first-order valence-corrected chi connectivity index (χ1v) is 11.9. The number of hydrogen-bond acceptors (Lipinski definition) is 5. The molecule has 0 aliphatic heterocycles. The Morgan fingerprint density at radius 2 is 1.70 bits per heavy atom. The fourth-order valence-electron chi connectivity index (χ4n) is 4.75. The fraction of sp³-hybridized carbons (Fsp3) is 0.500. The number of aromatic nitrogens is 3. The maximum Gasteiger partial charge on any atom is 0.220 e. The molecule has 0 radical (unpaired) electrons. The van der Waals surface area contributed by atoms with Crippen molar-refractivity contribution in [1.82, 2.24) is 19.9 Å². The third-order valence-electron chi connectivity index (χ3n) is 6.63. The zero-order valence-corrected chi connectivity index (χ0v) is 20.1. The van der Waals surface area contributed by atoms with Crippen LogP contribution in [0.3, 0.4) is 0 Å². The smallest absolute Gasteiger partial charge is 0.220 e. The van der Waals surface area contributed by atoms with Crippen LogP contribution in [0.4, 0.5) is 0 Å². The van der Waals surface area contributed by atoms with Crippen LogP contribution in [-0.2, 0) is 11.2 Å². The molecule has 1 saturated carbocycles. The number of methoxy groups -OCH3 is 2. The lowest BCUT2D eigenvalue weighted by Gasteiger charge is -2.17. The summed E-state index contributed by atoms with van der Waals surface area (Å²) in [6, 6.07) is 8.01. The summed E-state index contributed by atoms with van der Waals surface area (Å²) in [5.41, 5.74) is 5.52. The molecule has 1 N–H and O–H groups in total. The van der Waals surface area contributed by atoms with Crippen LogP contribution in [0.5, 0.6) is 11.5 Å². The third-order valence-corrected chi connectivity index (χ3v) is 6.63. The summed E-state index contributed by atoms with van der Waals surface area (Å²) in [4.78, 5) is 17.4. The van der Waals surface area contributed by atoms with E-state index in [1.54, 1.807) is 14.2 Å². The zero-order valence-electron chi connectivity index (χ0n) is 20.1. The topological polar surface area (TPSA) is 77.8 Å². The molecule has 2 heterocycles. The average molecular weight is 451 g/mol. The van der Waals surface area contributed by atoms with E-state index in [0.29, 0.717) is 30.4 Å². The van der Waals surface area contributed by atoms with Crippen molar-refractivity contribution in [1.29, 1.82) is 0 Å². The Labute approximate surface area is 195 Å². The highest BCUT2D eigenvalue weighted by Gasteiger charge is 2.18. The van der Waals surface area contributed by atoms with Gasteiger partial charge in [0, 0.05) is 41.5 Å². The number of nitrogens with zero attached hydrogens (tertiary/aromatic N) is 3. The van der Waals surface area contributed by atoms with Crippen molar-refractivity contribution in [3.05, 3.63) is 41.2 Å². The lowest BCUT2D eigenvalue weighted by Crippen LogP contribution is -2.34. The molecule has 176 valence electrons. The second-order valence-corrected chi connectivity index (χ2v) is 8.92. The number of aryl methyl sites for hydroxylation is 2. The van der Waals surface area contributed by atoms with Gasteiger partial charge >= 0.3 is 0 Å². The van der Waals surface area contributed by atoms with Gasteiger partial charge in [0.05, 0.1) is 19.9 Å². The first-order chi connectivity index (χ1) is 16.0. The molecule has 0 saturated heterocycles. The molecule has 4 rings (SSSR count). The number of carbonyl (C=O) groups is 1. The highest BCUT2D eigenvalue weighted by Crippen LogP contribution is 2.30. The second-order valence-electron chi connectivity index (χ2n) is 8.92. The Hall–Kier alpha value is -3.09. The van der Waals surface area contributed by atoms with Gasteiger partial charge in [0.1, 0.15) is 11.5 Å². The number of ether oxygens (including phenoxy) is 2. The van der Waals surface area contributed by atoms with Gasteiger partial charge in [0.25, 0.3) is 0 Å². The second kappa shape index (κ2) is 10.2. The van der Waals surface area contributed by atoms with E-state index >= 15 is 0 Å². The van der Waals surface area contributed by atoms with Gasteiger partial charge in [-0.1, -0.05) is 25.7 Å². The van der Waals surface area contributed by atoms with E-state index in [1.807, 2.05) is 42.6 Å². The first-order valence-electron chi connectivity index (χ1n) is 11.9. The summed E-state index contributed by atoms with van der Waals surface area (Å²) in [6.45, 7) is 4.05. The van der Waals surface area contributed by atoms with Crippen molar-refractivity contribution in [2.75, 3.05) is 14.2 Å². The van der Waals surface area contributed by atoms with Crippen LogP contribution in [-0.4, -0.2) is 40.8 Å². The van der Waals surface area contributed by atoms with E-state index in [9.17, 15) is 4.79 Å². The van der Waals surface area contributed by atoms with Crippen molar-refractivity contribution in [2.24, 2.45) is 0 Å². The molecule has 1 fully saturated rings. The standard InChI is InChI=1S/C26H34N4O3/c1-17-23(11-12-26(31)28-20-9-7-5-6-8-10-20)18(2)30-25(27-17)16-24(29-30)19-13-21(32-3)15-22(14-19)33-4/h13-16,20H,5-12H2,1-4H3,(H,28,31). The van der Waals surface area contributed by atoms with Crippen molar-refractivity contribution in [2.45, 2.75) is 71.3 Å². The molecular weight excluding hydrogens is 416 g/mol. The summed E-state index contributed by atoms with van der Waals surface area (Å²) in [6.07, 6.45) is 8.31. The van der Waals surface area contributed by atoms with Gasteiger partial charge in [-0.3, -0.25) is 4.79 Å². The molecule has 33 heavy (non-hydrogen) atoms. The summed E-state index contributed by atoms with van der Waals surface area (Å²) < 4.78 is 12.7. The van der Waals surface area contributed by atoms with Crippen LogP contribution in [0, 0.1) is 13.8 Å². The fourth-order valence-corrected chi connectivity index (χ4v) is 4.75. The maximum atomic E-state index is 12.6. The highest BCUT2D eigenvalue weighted by atomic mass is 16.5. The molecule has 7 nitrogen and oxygen atoms in total. The monoisotopic (exact) mass is 450 g/mol. The van der Waals surface area contributed by atoms with E-state index in [2.05, 4.69) is 5.32 Å². The molecule has 0 spiro atoms. The van der Waals surface area contributed by atoms with Crippen LogP contribution >= 0.6 is 0 Å². The van der Waals surface area contributed by atoms with Crippen molar-refractivity contribution in [3.8, 4) is 22.8 Å². The summed E-state index contributed by atoms with van der Waals surface area (Å²) in [5, 5.41) is 8.06. The molecule has 1 aromatic carbocycles. The molecule has 7 heteroatoms. The van der Waals surface area contributed by atoms with Gasteiger partial charge in [-0.15, -0.1) is 0 Å². The first kappa shape index (κ1) is 23.1. The van der Waals surface area contributed by atoms with Gasteiger partial charge in [0.2, 0.25) is 5.91 Å². The van der Waals surface area contributed by atoms with Gasteiger partial charge in [0.15, 0.2) is 5.65 Å². The minimum Gasteiger partial charge on any atom is -0.497 e. The Morgan fingerprint density at radius 3 is 2.33 bits per heavy atom. The number of amides is 1. The Morgan fingerprint density at radius 1 is 1.03 bits per heavy atom. The van der Waals surface area contributed by atoms with Crippen LogP contribution < -0.4 is 14.8 Å². The molecule has 0 atom stereocenters. The van der Waals surface area contributed by atoms with Gasteiger partial charge in [-0.05, 0) is 50.8 Å². The van der Waals surface area contributed by atoms with E-state index in [-0.39, 0.29) is 5.91 Å². The van der Waals surface area contributed by atoms with E-state index < -0.39 is 0 Å². The lowest BCUT2D eigenvalue weighted by atomic mass is 10.1.